The van der Waals surface area contributed by atoms with Gasteiger partial charge in [0, 0.05) is 5.69 Å². The molecule has 0 saturated heterocycles. The molecule has 0 radical (unpaired) electrons. The first-order chi connectivity index (χ1) is 11.5. The number of benzene rings is 1. The summed E-state index contributed by atoms with van der Waals surface area (Å²) in [6.45, 7) is 2.18. The van der Waals surface area contributed by atoms with Gasteiger partial charge in [0.15, 0.2) is 0 Å². The number of nitrogens with two attached hydrogens (primary N) is 1. The molecule has 0 aromatic heterocycles. The zero-order valence-electron chi connectivity index (χ0n) is 14.5. The average Bonchev–Trinajstić information content (AvgIpc) is 2.55. The van der Waals surface area contributed by atoms with Gasteiger partial charge in [-0.15, -0.1) is 0 Å². The Labute approximate surface area is 144 Å². The summed E-state index contributed by atoms with van der Waals surface area (Å²) in [6.07, 6.45) is 6.07. The van der Waals surface area contributed by atoms with E-state index in [0.29, 0.717) is 30.8 Å². The fourth-order valence-corrected chi connectivity index (χ4v) is 4.71. The lowest BCUT2D eigenvalue weighted by Gasteiger charge is -2.45. The summed E-state index contributed by atoms with van der Waals surface area (Å²) in [4.78, 5) is 11.7. The van der Waals surface area contributed by atoms with Crippen molar-refractivity contribution in [1.82, 2.24) is 0 Å². The predicted octanol–water partition coefficient (Wildman–Crippen LogP) is 3.64. The van der Waals surface area contributed by atoms with Gasteiger partial charge in [-0.25, -0.2) is 0 Å². The van der Waals surface area contributed by atoms with Crippen LogP contribution in [-0.4, -0.2) is 23.3 Å². The van der Waals surface area contributed by atoms with Gasteiger partial charge >= 0.3 is 5.97 Å². The highest BCUT2D eigenvalue weighted by atomic mass is 16.5. The van der Waals surface area contributed by atoms with Crippen molar-refractivity contribution in [3.8, 4) is 0 Å². The molecule has 2 aliphatic rings. The van der Waals surface area contributed by atoms with Crippen LogP contribution in [0.25, 0.3) is 0 Å². The van der Waals surface area contributed by atoms with Crippen LogP contribution in [0.15, 0.2) is 24.3 Å². The first-order valence-corrected chi connectivity index (χ1v) is 9.22. The van der Waals surface area contributed by atoms with Gasteiger partial charge in [-0.2, -0.15) is 0 Å². The zero-order chi connectivity index (χ0) is 17.2. The van der Waals surface area contributed by atoms with Crippen LogP contribution in [-0.2, 0) is 9.53 Å². The molecule has 0 amide bonds. The van der Waals surface area contributed by atoms with Crippen molar-refractivity contribution in [3.63, 3.8) is 0 Å². The van der Waals surface area contributed by atoms with E-state index in [0.717, 1.165) is 31.4 Å². The van der Waals surface area contributed by atoms with Gasteiger partial charge in [-0.1, -0.05) is 12.1 Å². The normalized spacial score (nSPS) is 32.8. The fraction of sp³-hybridized carbons (Fsp3) is 0.650. The maximum absolute atomic E-state index is 11.7. The van der Waals surface area contributed by atoms with Crippen molar-refractivity contribution in [2.45, 2.75) is 63.4 Å². The van der Waals surface area contributed by atoms with E-state index < -0.39 is 5.60 Å². The van der Waals surface area contributed by atoms with Crippen LogP contribution >= 0.6 is 0 Å². The van der Waals surface area contributed by atoms with Gasteiger partial charge < -0.3 is 15.6 Å². The van der Waals surface area contributed by atoms with Gasteiger partial charge in [-0.05, 0) is 80.9 Å². The lowest BCUT2D eigenvalue weighted by molar-refractivity contribution is -0.152. The second-order valence-electron chi connectivity index (χ2n) is 7.65. The third kappa shape index (κ3) is 3.92. The summed E-state index contributed by atoms with van der Waals surface area (Å²) in [7, 11) is 0. The Morgan fingerprint density at radius 1 is 1.25 bits per heavy atom. The third-order valence-electron chi connectivity index (χ3n) is 5.95. The molecule has 2 aliphatic carbocycles. The smallest absolute Gasteiger partial charge is 0.308 e. The Morgan fingerprint density at radius 3 is 2.71 bits per heavy atom. The molecular weight excluding hydrogens is 302 g/mol. The SMILES string of the molecule is CCOC(=O)CC1(O)CCC2CC(c3ccc(N)cc3)CCC2C1. The predicted molar refractivity (Wildman–Crippen MR) is 94.5 cm³/mol. The minimum atomic E-state index is -0.860. The van der Waals surface area contributed by atoms with Crippen LogP contribution in [0.1, 0.15) is 63.4 Å². The number of hydrogen-bond acceptors (Lipinski definition) is 4. The molecule has 0 spiro atoms. The molecule has 4 nitrogen and oxygen atoms in total. The van der Waals surface area contributed by atoms with E-state index in [1.165, 1.54) is 12.0 Å². The topological polar surface area (TPSA) is 72.5 Å². The van der Waals surface area contributed by atoms with Crippen molar-refractivity contribution >= 4 is 11.7 Å². The summed E-state index contributed by atoms with van der Waals surface area (Å²) in [6, 6.07) is 8.28. The van der Waals surface area contributed by atoms with Crippen LogP contribution in [0.4, 0.5) is 5.69 Å². The number of aliphatic hydroxyl groups is 1. The van der Waals surface area contributed by atoms with E-state index in [4.69, 9.17) is 10.5 Å². The quantitative estimate of drug-likeness (QED) is 0.652. The number of carbonyl (C=O) groups is 1. The highest BCUT2D eigenvalue weighted by molar-refractivity contribution is 5.70. The summed E-state index contributed by atoms with van der Waals surface area (Å²) in [5.41, 5.74) is 7.13. The van der Waals surface area contributed by atoms with Crippen molar-refractivity contribution in [3.05, 3.63) is 29.8 Å². The van der Waals surface area contributed by atoms with Gasteiger partial charge in [0.25, 0.3) is 0 Å². The number of esters is 1. The molecular formula is C20H29NO3. The Morgan fingerprint density at radius 2 is 2.00 bits per heavy atom. The molecule has 0 bridgehead atoms. The number of anilines is 1. The highest BCUT2D eigenvalue weighted by Gasteiger charge is 2.43. The standard InChI is InChI=1S/C20H29NO3/c1-2-24-19(22)13-20(23)10-9-16-11-15(3-4-17(16)12-20)14-5-7-18(21)8-6-14/h5-8,15-17,23H,2-4,9-13,21H2,1H3. The second-order valence-corrected chi connectivity index (χ2v) is 7.65. The van der Waals surface area contributed by atoms with E-state index in [1.54, 1.807) is 6.92 Å². The van der Waals surface area contributed by atoms with Crippen molar-refractivity contribution in [2.75, 3.05) is 12.3 Å². The van der Waals surface area contributed by atoms with Crippen LogP contribution in [0.5, 0.6) is 0 Å². The summed E-state index contributed by atoms with van der Waals surface area (Å²) in [5.74, 6) is 1.52. The minimum Gasteiger partial charge on any atom is -0.466 e. The second kappa shape index (κ2) is 7.14. The minimum absolute atomic E-state index is 0.144. The third-order valence-corrected chi connectivity index (χ3v) is 5.95. The Bertz CT molecular complexity index is 571. The number of ether oxygens (including phenoxy) is 1. The van der Waals surface area contributed by atoms with Gasteiger partial charge in [0.2, 0.25) is 0 Å². The fourth-order valence-electron chi connectivity index (χ4n) is 4.71. The van der Waals surface area contributed by atoms with E-state index in [-0.39, 0.29) is 12.4 Å². The van der Waals surface area contributed by atoms with Crippen LogP contribution < -0.4 is 5.73 Å². The van der Waals surface area contributed by atoms with Gasteiger partial charge in [-0.3, -0.25) is 4.79 Å². The Kier molecular flexibility index (Phi) is 5.14. The van der Waals surface area contributed by atoms with Crippen LogP contribution in [0.3, 0.4) is 0 Å². The number of hydrogen-bond donors (Lipinski definition) is 2. The first kappa shape index (κ1) is 17.3. The molecule has 1 aromatic rings. The van der Waals surface area contributed by atoms with Crippen molar-refractivity contribution in [1.29, 1.82) is 0 Å². The number of fused-ring (bicyclic) bond motifs is 1. The molecule has 0 heterocycles. The summed E-state index contributed by atoms with van der Waals surface area (Å²) < 4.78 is 5.02. The van der Waals surface area contributed by atoms with E-state index in [9.17, 15) is 9.90 Å². The summed E-state index contributed by atoms with van der Waals surface area (Å²) >= 11 is 0. The van der Waals surface area contributed by atoms with Crippen molar-refractivity contribution in [2.24, 2.45) is 11.8 Å². The molecule has 4 unspecified atom stereocenters. The number of rotatable bonds is 4. The van der Waals surface area contributed by atoms with Gasteiger partial charge in [0.05, 0.1) is 18.6 Å². The maximum Gasteiger partial charge on any atom is 0.308 e. The van der Waals surface area contributed by atoms with Crippen LogP contribution in [0.2, 0.25) is 0 Å². The molecule has 2 fully saturated rings. The maximum atomic E-state index is 11.7. The molecule has 3 N–H and O–H groups in total. The molecule has 24 heavy (non-hydrogen) atoms. The zero-order valence-corrected chi connectivity index (χ0v) is 14.5. The summed E-state index contributed by atoms with van der Waals surface area (Å²) in [5, 5.41) is 10.8. The molecule has 4 atom stereocenters. The number of nitrogen functional groups attached to an aromatic ring is 1. The monoisotopic (exact) mass is 331 g/mol. The molecule has 3 rings (SSSR count). The van der Waals surface area contributed by atoms with Crippen LogP contribution in [0, 0.1) is 11.8 Å². The van der Waals surface area contributed by atoms with Crippen molar-refractivity contribution < 1.29 is 14.6 Å². The molecule has 1 aromatic carbocycles. The Balaban J connectivity index is 1.59. The lowest BCUT2D eigenvalue weighted by Crippen LogP contribution is -2.43. The van der Waals surface area contributed by atoms with E-state index in [1.807, 2.05) is 12.1 Å². The van der Waals surface area contributed by atoms with Gasteiger partial charge in [0.1, 0.15) is 0 Å². The highest BCUT2D eigenvalue weighted by Crippen LogP contribution is 2.49. The average molecular weight is 331 g/mol. The Hall–Kier alpha value is -1.55. The largest absolute Gasteiger partial charge is 0.466 e. The molecule has 132 valence electrons. The molecule has 4 heteroatoms. The number of carbonyl (C=O) groups excluding carboxylic acids is 1. The van der Waals surface area contributed by atoms with E-state index in [2.05, 4.69) is 12.1 Å². The molecule has 2 saturated carbocycles. The first-order valence-electron chi connectivity index (χ1n) is 9.22. The molecule has 0 aliphatic heterocycles. The van der Waals surface area contributed by atoms with E-state index >= 15 is 0 Å². The lowest BCUT2D eigenvalue weighted by atomic mass is 9.62.